The SMILES string of the molecule is CCCNc1ncc(S(=O)(=O)N(C)C(CC)CSC)cn1. The van der Waals surface area contributed by atoms with Gasteiger partial charge in [0.25, 0.3) is 0 Å². The van der Waals surface area contributed by atoms with Gasteiger partial charge in [0.05, 0.1) is 12.4 Å². The molecule has 8 heteroatoms. The number of aromatic nitrogens is 2. The van der Waals surface area contributed by atoms with Gasteiger partial charge in [-0.3, -0.25) is 0 Å². The van der Waals surface area contributed by atoms with Crippen LogP contribution in [0.1, 0.15) is 26.7 Å². The van der Waals surface area contributed by atoms with Crippen LogP contribution in [0.2, 0.25) is 0 Å². The second-order valence-electron chi connectivity index (χ2n) is 4.71. The van der Waals surface area contributed by atoms with Crippen LogP contribution in [0.15, 0.2) is 17.3 Å². The first-order chi connectivity index (χ1) is 9.97. The summed E-state index contributed by atoms with van der Waals surface area (Å²) in [6.45, 7) is 4.79. The molecule has 120 valence electrons. The number of nitrogens with zero attached hydrogens (tertiary/aromatic N) is 3. The molecule has 1 atom stereocenters. The van der Waals surface area contributed by atoms with Crippen LogP contribution in [0.4, 0.5) is 5.95 Å². The predicted octanol–water partition coefficient (Wildman–Crippen LogP) is 2.06. The van der Waals surface area contributed by atoms with E-state index in [9.17, 15) is 8.42 Å². The molecule has 0 aliphatic carbocycles. The predicted molar refractivity (Wildman–Crippen MR) is 88.2 cm³/mol. The highest BCUT2D eigenvalue weighted by Gasteiger charge is 2.27. The van der Waals surface area contributed by atoms with E-state index in [2.05, 4.69) is 15.3 Å². The summed E-state index contributed by atoms with van der Waals surface area (Å²) in [7, 11) is -1.93. The molecule has 0 fully saturated rings. The minimum Gasteiger partial charge on any atom is -0.354 e. The first-order valence-electron chi connectivity index (χ1n) is 7.00. The van der Waals surface area contributed by atoms with Crippen molar-refractivity contribution in [2.75, 3.05) is 30.9 Å². The molecule has 0 amide bonds. The monoisotopic (exact) mass is 332 g/mol. The molecular weight excluding hydrogens is 308 g/mol. The van der Waals surface area contributed by atoms with Gasteiger partial charge in [-0.15, -0.1) is 0 Å². The van der Waals surface area contributed by atoms with Gasteiger partial charge in [-0.25, -0.2) is 18.4 Å². The maximum atomic E-state index is 12.5. The maximum Gasteiger partial charge on any atom is 0.246 e. The highest BCUT2D eigenvalue weighted by molar-refractivity contribution is 7.98. The first kappa shape index (κ1) is 18.2. The Labute approximate surface area is 131 Å². The Hall–Kier alpha value is -0.860. The van der Waals surface area contributed by atoms with Gasteiger partial charge < -0.3 is 5.32 Å². The van der Waals surface area contributed by atoms with E-state index in [1.54, 1.807) is 18.8 Å². The molecule has 0 aromatic carbocycles. The Kier molecular flexibility index (Phi) is 7.41. The van der Waals surface area contributed by atoms with Crippen molar-refractivity contribution in [3.8, 4) is 0 Å². The minimum absolute atomic E-state index is 0.0251. The number of rotatable bonds is 9. The Morgan fingerprint density at radius 2 is 1.95 bits per heavy atom. The zero-order valence-corrected chi connectivity index (χ0v) is 14.7. The van der Waals surface area contributed by atoms with Gasteiger partial charge >= 0.3 is 0 Å². The lowest BCUT2D eigenvalue weighted by Crippen LogP contribution is -2.38. The molecule has 0 radical (unpaired) electrons. The molecular formula is C13H24N4O2S2. The summed E-state index contributed by atoms with van der Waals surface area (Å²) < 4.78 is 26.5. The quantitative estimate of drug-likeness (QED) is 0.746. The van der Waals surface area contributed by atoms with Crippen LogP contribution in [0.25, 0.3) is 0 Å². The van der Waals surface area contributed by atoms with Crippen LogP contribution in [-0.2, 0) is 10.0 Å². The molecule has 6 nitrogen and oxygen atoms in total. The van der Waals surface area contributed by atoms with E-state index in [1.807, 2.05) is 20.1 Å². The third-order valence-corrected chi connectivity index (χ3v) is 5.76. The van der Waals surface area contributed by atoms with Gasteiger partial charge in [-0.05, 0) is 19.1 Å². The van der Waals surface area contributed by atoms with Crippen molar-refractivity contribution in [3.05, 3.63) is 12.4 Å². The molecule has 1 aromatic heterocycles. The van der Waals surface area contributed by atoms with Crippen LogP contribution < -0.4 is 5.32 Å². The Morgan fingerprint density at radius 1 is 1.33 bits per heavy atom. The Morgan fingerprint density at radius 3 is 2.43 bits per heavy atom. The molecule has 0 saturated heterocycles. The van der Waals surface area contributed by atoms with E-state index in [-0.39, 0.29) is 10.9 Å². The standard InChI is InChI=1S/C13H24N4O2S2/c1-5-7-14-13-15-8-12(9-16-13)21(18,19)17(3)11(6-2)10-20-4/h8-9,11H,5-7,10H2,1-4H3,(H,14,15,16). The van der Waals surface area contributed by atoms with Gasteiger partial charge in [-0.2, -0.15) is 16.1 Å². The van der Waals surface area contributed by atoms with Crippen molar-refractivity contribution in [2.24, 2.45) is 0 Å². The summed E-state index contributed by atoms with van der Waals surface area (Å²) in [5, 5.41) is 3.02. The van der Waals surface area contributed by atoms with Crippen molar-refractivity contribution < 1.29 is 8.42 Å². The molecule has 1 N–H and O–H groups in total. The van der Waals surface area contributed by atoms with Crippen molar-refractivity contribution in [2.45, 2.75) is 37.6 Å². The van der Waals surface area contributed by atoms with Crippen LogP contribution in [-0.4, -0.2) is 54.3 Å². The Bertz CT molecular complexity index is 519. The van der Waals surface area contributed by atoms with Gasteiger partial charge in [0.2, 0.25) is 16.0 Å². The third kappa shape index (κ3) is 4.82. The fourth-order valence-electron chi connectivity index (χ4n) is 1.81. The fourth-order valence-corrected chi connectivity index (χ4v) is 4.07. The van der Waals surface area contributed by atoms with E-state index in [1.165, 1.54) is 16.7 Å². The lowest BCUT2D eigenvalue weighted by Gasteiger charge is -2.25. The van der Waals surface area contributed by atoms with Gasteiger partial charge in [0.1, 0.15) is 4.90 Å². The molecule has 1 aromatic rings. The van der Waals surface area contributed by atoms with Gasteiger partial charge in [0, 0.05) is 25.4 Å². The molecule has 21 heavy (non-hydrogen) atoms. The zero-order valence-electron chi connectivity index (χ0n) is 13.0. The second kappa shape index (κ2) is 8.55. The van der Waals surface area contributed by atoms with Gasteiger partial charge in [0.15, 0.2) is 0 Å². The normalized spacial score (nSPS) is 13.4. The smallest absolute Gasteiger partial charge is 0.246 e. The first-order valence-corrected chi connectivity index (χ1v) is 9.83. The van der Waals surface area contributed by atoms with Crippen molar-refractivity contribution in [1.29, 1.82) is 0 Å². The fraction of sp³-hybridized carbons (Fsp3) is 0.692. The van der Waals surface area contributed by atoms with E-state index in [4.69, 9.17) is 0 Å². The molecule has 0 saturated carbocycles. The molecule has 0 aliphatic heterocycles. The third-order valence-electron chi connectivity index (χ3n) is 3.18. The summed E-state index contributed by atoms with van der Waals surface area (Å²) in [5.41, 5.74) is 0. The zero-order chi connectivity index (χ0) is 15.9. The average molecular weight is 332 g/mol. The van der Waals surface area contributed by atoms with E-state index >= 15 is 0 Å². The highest BCUT2D eigenvalue weighted by atomic mass is 32.2. The van der Waals surface area contributed by atoms with Gasteiger partial charge in [-0.1, -0.05) is 13.8 Å². The molecule has 0 spiro atoms. The number of sulfonamides is 1. The topological polar surface area (TPSA) is 75.2 Å². The van der Waals surface area contributed by atoms with E-state index < -0.39 is 10.0 Å². The summed E-state index contributed by atoms with van der Waals surface area (Å²) in [4.78, 5) is 8.26. The average Bonchev–Trinajstić information content (AvgIpc) is 2.50. The summed E-state index contributed by atoms with van der Waals surface area (Å²) in [6.07, 6.45) is 6.43. The minimum atomic E-state index is -3.54. The Balaban J connectivity index is 2.91. The molecule has 0 bridgehead atoms. The van der Waals surface area contributed by atoms with Crippen molar-refractivity contribution >= 4 is 27.7 Å². The van der Waals surface area contributed by atoms with Crippen LogP contribution in [0, 0.1) is 0 Å². The van der Waals surface area contributed by atoms with E-state index in [0.717, 1.165) is 25.1 Å². The maximum absolute atomic E-state index is 12.5. The summed E-state index contributed by atoms with van der Waals surface area (Å²) in [6, 6.07) is -0.0251. The lowest BCUT2D eigenvalue weighted by molar-refractivity contribution is 0.385. The number of hydrogen-bond acceptors (Lipinski definition) is 6. The largest absolute Gasteiger partial charge is 0.354 e. The molecule has 1 unspecified atom stereocenters. The van der Waals surface area contributed by atoms with Crippen molar-refractivity contribution in [1.82, 2.24) is 14.3 Å². The summed E-state index contributed by atoms with van der Waals surface area (Å²) >= 11 is 1.64. The number of anilines is 1. The molecule has 1 rings (SSSR count). The lowest BCUT2D eigenvalue weighted by atomic mass is 10.3. The van der Waals surface area contributed by atoms with Crippen molar-refractivity contribution in [3.63, 3.8) is 0 Å². The summed E-state index contributed by atoms with van der Waals surface area (Å²) in [5.74, 6) is 1.22. The number of nitrogens with one attached hydrogen (secondary N) is 1. The molecule has 0 aliphatic rings. The van der Waals surface area contributed by atoms with Crippen LogP contribution in [0.3, 0.4) is 0 Å². The van der Waals surface area contributed by atoms with Crippen LogP contribution >= 0.6 is 11.8 Å². The second-order valence-corrected chi connectivity index (χ2v) is 7.62. The number of hydrogen-bond donors (Lipinski definition) is 1. The van der Waals surface area contributed by atoms with E-state index in [0.29, 0.717) is 5.95 Å². The van der Waals surface area contributed by atoms with Crippen LogP contribution in [0.5, 0.6) is 0 Å². The number of thioether (sulfide) groups is 1. The highest BCUT2D eigenvalue weighted by Crippen LogP contribution is 2.19. The molecule has 1 heterocycles.